The number of ketones is 1. The molecule has 0 aliphatic carbocycles. The van der Waals surface area contributed by atoms with Crippen molar-refractivity contribution >= 4 is 12.3 Å². The van der Waals surface area contributed by atoms with Crippen molar-refractivity contribution in [1.82, 2.24) is 0 Å². The minimum atomic E-state index is -0.250. The van der Waals surface area contributed by atoms with Crippen LogP contribution >= 0.6 is 0 Å². The van der Waals surface area contributed by atoms with Crippen molar-refractivity contribution in [1.29, 1.82) is 0 Å². The van der Waals surface area contributed by atoms with E-state index >= 15 is 0 Å². The third-order valence-corrected chi connectivity index (χ3v) is 1.92. The van der Waals surface area contributed by atoms with Gasteiger partial charge in [0.05, 0.1) is 0 Å². The zero-order chi connectivity index (χ0) is 14.6. The molecule has 0 bridgehead atoms. The summed E-state index contributed by atoms with van der Waals surface area (Å²) in [6.07, 6.45) is 0.859. The van der Waals surface area contributed by atoms with Crippen molar-refractivity contribution in [2.45, 2.75) is 40.2 Å². The van der Waals surface area contributed by atoms with Crippen molar-refractivity contribution in [2.75, 3.05) is 0 Å². The van der Waals surface area contributed by atoms with Crippen molar-refractivity contribution in [3.8, 4) is 0 Å². The van der Waals surface area contributed by atoms with E-state index in [0.717, 1.165) is 12.0 Å². The van der Waals surface area contributed by atoms with Crippen LogP contribution < -0.4 is 5.73 Å². The minimum absolute atomic E-state index is 0.104. The maximum atomic E-state index is 11.0. The number of carbonyl (C=O) groups is 2. The van der Waals surface area contributed by atoms with Crippen LogP contribution in [0.2, 0.25) is 0 Å². The standard InChI is InChI=1S/C11H15NO.C2H6.CH2O2/c1-8(12)7-10-3-5-11(6-4-10)9(2)13;1-2;2-1-3/h3-6,8H,7,12H2,1-2H3;1-2H3;1H,(H,2,3). The van der Waals surface area contributed by atoms with Crippen molar-refractivity contribution in [3.05, 3.63) is 35.4 Å². The molecule has 0 saturated carbocycles. The Balaban J connectivity index is 0. The van der Waals surface area contributed by atoms with E-state index in [-0.39, 0.29) is 18.3 Å². The van der Waals surface area contributed by atoms with Crippen LogP contribution in [0.15, 0.2) is 24.3 Å². The Hall–Kier alpha value is -1.68. The predicted molar refractivity (Wildman–Crippen MR) is 73.8 cm³/mol. The molecule has 0 aliphatic heterocycles. The lowest BCUT2D eigenvalue weighted by Crippen LogP contribution is -2.17. The second-order valence-corrected chi connectivity index (χ2v) is 3.54. The first-order chi connectivity index (χ1) is 8.51. The molecular formula is C14H23NO3. The van der Waals surface area contributed by atoms with Crippen LogP contribution in [-0.2, 0) is 11.2 Å². The molecule has 0 heterocycles. The molecule has 4 nitrogen and oxygen atoms in total. The molecule has 18 heavy (non-hydrogen) atoms. The van der Waals surface area contributed by atoms with Crippen molar-refractivity contribution in [2.24, 2.45) is 5.73 Å². The summed E-state index contributed by atoms with van der Waals surface area (Å²) in [7, 11) is 0. The molecule has 0 aliphatic rings. The first-order valence-corrected chi connectivity index (χ1v) is 5.94. The number of nitrogens with two attached hydrogens (primary N) is 1. The van der Waals surface area contributed by atoms with Gasteiger partial charge in [-0.15, -0.1) is 0 Å². The molecule has 0 amide bonds. The number of benzene rings is 1. The summed E-state index contributed by atoms with van der Waals surface area (Å²) in [5.41, 5.74) is 7.59. The summed E-state index contributed by atoms with van der Waals surface area (Å²) < 4.78 is 0. The predicted octanol–water partition coefficient (Wildman–Crippen LogP) is 2.51. The Bertz CT molecular complexity index is 331. The molecule has 3 N–H and O–H groups in total. The van der Waals surface area contributed by atoms with Gasteiger partial charge in [-0.05, 0) is 25.8 Å². The molecule has 102 valence electrons. The highest BCUT2D eigenvalue weighted by Crippen LogP contribution is 2.06. The molecular weight excluding hydrogens is 230 g/mol. The molecule has 0 fully saturated rings. The lowest BCUT2D eigenvalue weighted by Gasteiger charge is -2.04. The summed E-state index contributed by atoms with van der Waals surface area (Å²) in [5, 5.41) is 6.89. The molecule has 0 saturated heterocycles. The van der Waals surface area contributed by atoms with E-state index in [4.69, 9.17) is 15.6 Å². The van der Waals surface area contributed by atoms with Gasteiger partial charge in [0.1, 0.15) is 0 Å². The Labute approximate surface area is 109 Å². The van der Waals surface area contributed by atoms with Gasteiger partial charge in [0.2, 0.25) is 0 Å². The van der Waals surface area contributed by atoms with E-state index in [1.54, 1.807) is 6.92 Å². The number of Topliss-reactive ketones (excluding diaryl/α,β-unsaturated/α-hetero) is 1. The molecule has 1 unspecified atom stereocenters. The van der Waals surface area contributed by atoms with Gasteiger partial charge in [-0.3, -0.25) is 9.59 Å². The number of rotatable bonds is 3. The van der Waals surface area contributed by atoms with Gasteiger partial charge < -0.3 is 10.8 Å². The third-order valence-electron chi connectivity index (χ3n) is 1.92. The normalized spacial score (nSPS) is 10.1. The Kier molecular flexibility index (Phi) is 12.2. The van der Waals surface area contributed by atoms with Gasteiger partial charge >= 0.3 is 0 Å². The average molecular weight is 253 g/mol. The van der Waals surface area contributed by atoms with Crippen LogP contribution in [0.4, 0.5) is 0 Å². The Morgan fingerprint density at radius 2 is 1.72 bits per heavy atom. The molecule has 1 atom stereocenters. The van der Waals surface area contributed by atoms with Crippen LogP contribution in [0.3, 0.4) is 0 Å². The second-order valence-electron chi connectivity index (χ2n) is 3.54. The Morgan fingerprint density at radius 1 is 1.33 bits per heavy atom. The topological polar surface area (TPSA) is 80.4 Å². The Morgan fingerprint density at radius 3 is 2.00 bits per heavy atom. The molecule has 1 rings (SSSR count). The van der Waals surface area contributed by atoms with Gasteiger partial charge in [-0.25, -0.2) is 0 Å². The summed E-state index contributed by atoms with van der Waals surface area (Å²) >= 11 is 0. The molecule has 0 radical (unpaired) electrons. The smallest absolute Gasteiger partial charge is 0.290 e. The highest BCUT2D eigenvalue weighted by atomic mass is 16.3. The first kappa shape index (κ1) is 18.7. The van der Waals surface area contributed by atoms with E-state index in [9.17, 15) is 4.79 Å². The van der Waals surface area contributed by atoms with Crippen LogP contribution in [0.1, 0.15) is 43.6 Å². The van der Waals surface area contributed by atoms with E-state index in [0.29, 0.717) is 0 Å². The van der Waals surface area contributed by atoms with Crippen LogP contribution in [0.5, 0.6) is 0 Å². The van der Waals surface area contributed by atoms with E-state index in [2.05, 4.69) is 0 Å². The molecule has 0 aromatic heterocycles. The van der Waals surface area contributed by atoms with Crippen molar-refractivity contribution in [3.63, 3.8) is 0 Å². The number of hydrogen-bond donors (Lipinski definition) is 2. The van der Waals surface area contributed by atoms with Crippen molar-refractivity contribution < 1.29 is 14.7 Å². The minimum Gasteiger partial charge on any atom is -0.483 e. The SMILES string of the molecule is CC.CC(=O)c1ccc(CC(C)N)cc1.O=CO. The maximum absolute atomic E-state index is 11.0. The van der Waals surface area contributed by atoms with Crippen LogP contribution in [-0.4, -0.2) is 23.4 Å². The van der Waals surface area contributed by atoms with Crippen LogP contribution in [0, 0.1) is 0 Å². The maximum Gasteiger partial charge on any atom is 0.290 e. The quantitative estimate of drug-likeness (QED) is 0.640. The highest BCUT2D eigenvalue weighted by molar-refractivity contribution is 5.93. The summed E-state index contributed by atoms with van der Waals surface area (Å²) in [5.74, 6) is 0.104. The highest BCUT2D eigenvalue weighted by Gasteiger charge is 2.00. The van der Waals surface area contributed by atoms with Gasteiger partial charge in [0, 0.05) is 11.6 Å². The molecule has 4 heteroatoms. The van der Waals surface area contributed by atoms with Gasteiger partial charge in [0.15, 0.2) is 5.78 Å². The van der Waals surface area contributed by atoms with E-state index in [1.807, 2.05) is 45.0 Å². The fourth-order valence-corrected chi connectivity index (χ4v) is 1.25. The summed E-state index contributed by atoms with van der Waals surface area (Å²) in [6.45, 7) is 7.29. The van der Waals surface area contributed by atoms with E-state index in [1.165, 1.54) is 5.56 Å². The molecule has 0 spiro atoms. The van der Waals surface area contributed by atoms with Crippen LogP contribution in [0.25, 0.3) is 0 Å². The first-order valence-electron chi connectivity index (χ1n) is 5.94. The molecule has 1 aromatic rings. The summed E-state index contributed by atoms with van der Waals surface area (Å²) in [4.78, 5) is 19.3. The fraction of sp³-hybridized carbons (Fsp3) is 0.429. The second kappa shape index (κ2) is 11.8. The van der Waals surface area contributed by atoms with Gasteiger partial charge in [0.25, 0.3) is 6.47 Å². The number of hydrogen-bond acceptors (Lipinski definition) is 3. The fourth-order valence-electron chi connectivity index (χ4n) is 1.25. The average Bonchev–Trinajstić information content (AvgIpc) is 2.32. The molecule has 1 aromatic carbocycles. The number of carbonyl (C=O) groups excluding carboxylic acids is 1. The largest absolute Gasteiger partial charge is 0.483 e. The zero-order valence-electron chi connectivity index (χ0n) is 11.5. The lowest BCUT2D eigenvalue weighted by atomic mass is 10.0. The zero-order valence-corrected chi connectivity index (χ0v) is 11.5. The number of carboxylic acid groups (broad SMARTS) is 1. The monoisotopic (exact) mass is 253 g/mol. The third kappa shape index (κ3) is 9.54. The van der Waals surface area contributed by atoms with E-state index < -0.39 is 0 Å². The van der Waals surface area contributed by atoms with Gasteiger partial charge in [-0.1, -0.05) is 38.1 Å². The lowest BCUT2D eigenvalue weighted by molar-refractivity contribution is -0.122. The van der Waals surface area contributed by atoms with Gasteiger partial charge in [-0.2, -0.15) is 0 Å². The summed E-state index contributed by atoms with van der Waals surface area (Å²) in [6, 6.07) is 7.78.